The summed E-state index contributed by atoms with van der Waals surface area (Å²) in [4.78, 5) is 0. The van der Waals surface area contributed by atoms with Crippen molar-refractivity contribution in [2.24, 2.45) is 0 Å². The Morgan fingerprint density at radius 3 is 2.36 bits per heavy atom. The number of halogens is 1. The van der Waals surface area contributed by atoms with Gasteiger partial charge in [0.25, 0.3) is 0 Å². The zero-order valence-electron chi connectivity index (χ0n) is 15.7. The second-order valence-electron chi connectivity index (χ2n) is 6.42. The van der Waals surface area contributed by atoms with Gasteiger partial charge in [-0.05, 0) is 37.1 Å². The number of rotatable bonds is 7. The van der Waals surface area contributed by atoms with Crippen molar-refractivity contribution < 1.29 is 12.9 Å². The van der Waals surface area contributed by atoms with Crippen molar-refractivity contribution >= 4 is 27.7 Å². The largest absolute Gasteiger partial charge is 0.361 e. The highest BCUT2D eigenvalue weighted by Gasteiger charge is 2.24. The van der Waals surface area contributed by atoms with Gasteiger partial charge in [-0.3, -0.25) is 0 Å². The van der Waals surface area contributed by atoms with Gasteiger partial charge in [0, 0.05) is 29.1 Å². The van der Waals surface area contributed by atoms with Gasteiger partial charge in [-0.15, -0.1) is 0 Å². The number of aryl methyl sites for hydroxylation is 2. The van der Waals surface area contributed by atoms with Crippen molar-refractivity contribution in [2.45, 2.75) is 26.9 Å². The van der Waals surface area contributed by atoms with E-state index in [0.717, 1.165) is 16.7 Å². The van der Waals surface area contributed by atoms with E-state index in [4.69, 9.17) is 16.1 Å². The molecule has 1 heterocycles. The maximum absolute atomic E-state index is 13.1. The first-order chi connectivity index (χ1) is 13.4. The zero-order valence-corrected chi connectivity index (χ0v) is 17.2. The van der Waals surface area contributed by atoms with E-state index in [1.54, 1.807) is 26.0 Å². The maximum Gasteiger partial charge on any atom is 0.236 e. The summed E-state index contributed by atoms with van der Waals surface area (Å²) in [5.74, 6) is 0.601. The maximum atomic E-state index is 13.1. The minimum atomic E-state index is -3.72. The second kappa shape index (κ2) is 8.73. The number of hydrogen-bond donors (Lipinski definition) is 0. The van der Waals surface area contributed by atoms with Crippen LogP contribution in [-0.2, 0) is 23.1 Å². The first-order valence-electron chi connectivity index (χ1n) is 8.75. The van der Waals surface area contributed by atoms with Crippen LogP contribution in [0.3, 0.4) is 0 Å². The van der Waals surface area contributed by atoms with Crippen LogP contribution in [0.15, 0.2) is 64.5 Å². The molecule has 0 radical (unpaired) electrons. The standard InChI is InChI=1S/C21H21ClN2O3S/c1-16-20(17(2)27-23-16)15-24(14-19-10-6-7-11-21(19)22)28(25,26)13-12-18-8-4-3-5-9-18/h3-13H,14-15H2,1-2H3. The lowest BCUT2D eigenvalue weighted by molar-refractivity contribution is 0.383. The molecule has 0 spiro atoms. The van der Waals surface area contributed by atoms with Crippen LogP contribution in [0, 0.1) is 13.8 Å². The van der Waals surface area contributed by atoms with Crippen LogP contribution in [0.1, 0.15) is 28.1 Å². The van der Waals surface area contributed by atoms with E-state index in [1.807, 2.05) is 48.5 Å². The van der Waals surface area contributed by atoms with Crippen molar-refractivity contribution in [3.63, 3.8) is 0 Å². The van der Waals surface area contributed by atoms with Crippen LogP contribution in [0.5, 0.6) is 0 Å². The van der Waals surface area contributed by atoms with Crippen LogP contribution in [0.2, 0.25) is 5.02 Å². The summed E-state index contributed by atoms with van der Waals surface area (Å²) in [6.07, 6.45) is 1.59. The minimum Gasteiger partial charge on any atom is -0.361 e. The smallest absolute Gasteiger partial charge is 0.236 e. The normalized spacial score (nSPS) is 12.1. The second-order valence-corrected chi connectivity index (χ2v) is 8.65. The Morgan fingerprint density at radius 2 is 1.71 bits per heavy atom. The number of hydrogen-bond acceptors (Lipinski definition) is 4. The molecule has 3 rings (SSSR count). The molecule has 3 aromatic rings. The molecule has 0 aliphatic carbocycles. The molecule has 0 atom stereocenters. The molecular formula is C21H21ClN2O3S. The van der Waals surface area contributed by atoms with Gasteiger partial charge in [0.1, 0.15) is 5.76 Å². The molecule has 0 saturated carbocycles. The molecule has 0 amide bonds. The Labute approximate surface area is 170 Å². The highest BCUT2D eigenvalue weighted by Crippen LogP contribution is 2.23. The lowest BCUT2D eigenvalue weighted by Gasteiger charge is -2.21. The molecule has 28 heavy (non-hydrogen) atoms. The molecule has 0 fully saturated rings. The first kappa shape index (κ1) is 20.3. The summed E-state index contributed by atoms with van der Waals surface area (Å²) in [6, 6.07) is 16.5. The van der Waals surface area contributed by atoms with Gasteiger partial charge < -0.3 is 4.52 Å². The molecule has 0 aliphatic heterocycles. The topological polar surface area (TPSA) is 63.4 Å². The van der Waals surface area contributed by atoms with Crippen molar-refractivity contribution in [3.8, 4) is 0 Å². The monoisotopic (exact) mass is 416 g/mol. The molecule has 1 aromatic heterocycles. The lowest BCUT2D eigenvalue weighted by atomic mass is 10.2. The third-order valence-electron chi connectivity index (χ3n) is 4.41. The van der Waals surface area contributed by atoms with Gasteiger partial charge in [0.15, 0.2) is 0 Å². The van der Waals surface area contributed by atoms with E-state index in [9.17, 15) is 8.42 Å². The average molecular weight is 417 g/mol. The van der Waals surface area contributed by atoms with Gasteiger partial charge in [-0.2, -0.15) is 4.31 Å². The van der Waals surface area contributed by atoms with Crippen molar-refractivity contribution in [2.75, 3.05) is 0 Å². The summed E-state index contributed by atoms with van der Waals surface area (Å²) in [5, 5.41) is 5.67. The molecule has 0 N–H and O–H groups in total. The van der Waals surface area contributed by atoms with Crippen LogP contribution in [-0.4, -0.2) is 17.9 Å². The van der Waals surface area contributed by atoms with Crippen molar-refractivity contribution in [3.05, 3.63) is 93.2 Å². The zero-order chi connectivity index (χ0) is 20.1. The van der Waals surface area contributed by atoms with Gasteiger partial charge in [0.05, 0.1) is 5.69 Å². The van der Waals surface area contributed by atoms with Crippen LogP contribution >= 0.6 is 11.6 Å². The highest BCUT2D eigenvalue weighted by molar-refractivity contribution is 7.92. The molecular weight excluding hydrogens is 396 g/mol. The van der Waals surface area contributed by atoms with E-state index >= 15 is 0 Å². The fraction of sp³-hybridized carbons (Fsp3) is 0.190. The summed E-state index contributed by atoms with van der Waals surface area (Å²) >= 11 is 6.27. The van der Waals surface area contributed by atoms with Crippen LogP contribution < -0.4 is 0 Å². The molecule has 7 heteroatoms. The fourth-order valence-corrected chi connectivity index (χ4v) is 4.10. The Hall–Kier alpha value is -2.41. The van der Waals surface area contributed by atoms with Crippen molar-refractivity contribution in [1.29, 1.82) is 0 Å². The Bertz CT molecular complexity index is 1060. The number of aromatic nitrogens is 1. The fourth-order valence-electron chi connectivity index (χ4n) is 2.77. The third kappa shape index (κ3) is 4.90. The predicted octanol–water partition coefficient (Wildman–Crippen LogP) is 4.95. The molecule has 5 nitrogen and oxygen atoms in total. The number of nitrogens with zero attached hydrogens (tertiary/aromatic N) is 2. The molecule has 0 aliphatic rings. The average Bonchev–Trinajstić information content (AvgIpc) is 3.00. The molecule has 0 bridgehead atoms. The van der Waals surface area contributed by atoms with Crippen LogP contribution in [0.4, 0.5) is 0 Å². The van der Waals surface area contributed by atoms with Crippen molar-refractivity contribution in [1.82, 2.24) is 9.46 Å². The Balaban J connectivity index is 1.94. The lowest BCUT2D eigenvalue weighted by Crippen LogP contribution is -2.29. The van der Waals surface area contributed by atoms with Gasteiger partial charge in [0.2, 0.25) is 10.0 Å². The van der Waals surface area contributed by atoms with E-state index in [1.165, 1.54) is 9.71 Å². The molecule has 0 saturated heterocycles. The third-order valence-corrected chi connectivity index (χ3v) is 6.24. The predicted molar refractivity (Wildman–Crippen MR) is 111 cm³/mol. The first-order valence-corrected chi connectivity index (χ1v) is 10.6. The van der Waals surface area contributed by atoms with Crippen LogP contribution in [0.25, 0.3) is 6.08 Å². The molecule has 2 aromatic carbocycles. The van der Waals surface area contributed by atoms with Gasteiger partial charge in [-0.1, -0.05) is 65.3 Å². The molecule has 146 valence electrons. The van der Waals surface area contributed by atoms with E-state index in [-0.39, 0.29) is 13.1 Å². The SMILES string of the molecule is Cc1noc(C)c1CN(Cc1ccccc1Cl)S(=O)(=O)C=Cc1ccccc1. The Kier molecular flexibility index (Phi) is 6.34. The molecule has 0 unspecified atom stereocenters. The summed E-state index contributed by atoms with van der Waals surface area (Å²) < 4.78 is 32.8. The summed E-state index contributed by atoms with van der Waals surface area (Å²) in [7, 11) is -3.72. The van der Waals surface area contributed by atoms with E-state index < -0.39 is 10.0 Å². The summed E-state index contributed by atoms with van der Waals surface area (Å²) in [5.41, 5.74) is 2.96. The number of sulfonamides is 1. The minimum absolute atomic E-state index is 0.144. The van der Waals surface area contributed by atoms with E-state index in [0.29, 0.717) is 16.5 Å². The van der Waals surface area contributed by atoms with Gasteiger partial charge in [-0.25, -0.2) is 8.42 Å². The van der Waals surface area contributed by atoms with E-state index in [2.05, 4.69) is 5.16 Å². The number of benzene rings is 2. The highest BCUT2D eigenvalue weighted by atomic mass is 35.5. The Morgan fingerprint density at radius 1 is 1.04 bits per heavy atom. The summed E-state index contributed by atoms with van der Waals surface area (Å²) in [6.45, 7) is 3.86. The van der Waals surface area contributed by atoms with Gasteiger partial charge >= 0.3 is 0 Å². The quantitative estimate of drug-likeness (QED) is 0.546.